The van der Waals surface area contributed by atoms with Gasteiger partial charge in [-0.3, -0.25) is 10.1 Å². The Morgan fingerprint density at radius 2 is 2.12 bits per heavy atom. The van der Waals surface area contributed by atoms with E-state index in [-0.39, 0.29) is 10.2 Å². The highest BCUT2D eigenvalue weighted by molar-refractivity contribution is 9.10. The molecule has 0 aromatic heterocycles. The molecule has 6 heteroatoms. The van der Waals surface area contributed by atoms with Crippen molar-refractivity contribution < 1.29 is 14.4 Å². The molecule has 1 N–H and O–H groups in total. The molecule has 0 saturated carbocycles. The van der Waals surface area contributed by atoms with Gasteiger partial charge in [0.15, 0.2) is 0 Å². The van der Waals surface area contributed by atoms with Crippen LogP contribution in [0.5, 0.6) is 5.75 Å². The van der Waals surface area contributed by atoms with Gasteiger partial charge in [0.25, 0.3) is 0 Å². The van der Waals surface area contributed by atoms with E-state index in [0.29, 0.717) is 12.0 Å². The number of halogens is 2. The summed E-state index contributed by atoms with van der Waals surface area (Å²) < 4.78 is 13.3. The van der Waals surface area contributed by atoms with Gasteiger partial charge in [-0.25, -0.2) is 0 Å². The third kappa shape index (κ3) is 2.41. The molecule has 0 radical (unpaired) electrons. The van der Waals surface area contributed by atoms with E-state index in [4.69, 9.17) is 0 Å². The smallest absolute Gasteiger partial charge is 0.306 e. The third-order valence-corrected chi connectivity index (χ3v) is 3.70. The van der Waals surface area contributed by atoms with E-state index < -0.39 is 21.8 Å². The van der Waals surface area contributed by atoms with Crippen LogP contribution in [0.1, 0.15) is 32.8 Å². The zero-order chi connectivity index (χ0) is 13.4. The van der Waals surface area contributed by atoms with Gasteiger partial charge in [-0.2, -0.15) is 4.39 Å². The fourth-order valence-electron chi connectivity index (χ4n) is 1.44. The van der Waals surface area contributed by atoms with Gasteiger partial charge in [-0.15, -0.1) is 0 Å². The molecule has 0 bridgehead atoms. The number of phenolic OH excluding ortho intramolecular Hbond substituents is 1. The standard InChI is InChI=1S/C11H13BrFNO3/c1-4-11(2,3)6-5-7(14(16)17)9(13)8(12)10(6)15/h5,15H,4H2,1-3H3. The summed E-state index contributed by atoms with van der Waals surface area (Å²) in [5.74, 6) is -1.33. The van der Waals surface area contributed by atoms with Gasteiger partial charge in [0.1, 0.15) is 10.2 Å². The van der Waals surface area contributed by atoms with Crippen LogP contribution in [0, 0.1) is 15.9 Å². The molecular formula is C11H13BrFNO3. The molecule has 0 heterocycles. The maximum absolute atomic E-state index is 13.5. The lowest BCUT2D eigenvalue weighted by Gasteiger charge is -2.24. The Hall–Kier alpha value is -1.17. The zero-order valence-corrected chi connectivity index (χ0v) is 11.3. The molecule has 0 fully saturated rings. The highest BCUT2D eigenvalue weighted by Crippen LogP contribution is 2.42. The summed E-state index contributed by atoms with van der Waals surface area (Å²) in [6.07, 6.45) is 0.662. The largest absolute Gasteiger partial charge is 0.506 e. The Balaban J connectivity index is 3.59. The maximum atomic E-state index is 13.5. The van der Waals surface area contributed by atoms with Crippen molar-refractivity contribution in [1.82, 2.24) is 0 Å². The number of aromatic hydroxyl groups is 1. The van der Waals surface area contributed by atoms with E-state index in [1.165, 1.54) is 0 Å². The van der Waals surface area contributed by atoms with Crippen molar-refractivity contribution in [3.8, 4) is 5.75 Å². The SMILES string of the molecule is CCC(C)(C)c1cc([N+](=O)[O-])c(F)c(Br)c1O. The van der Waals surface area contributed by atoms with Crippen LogP contribution >= 0.6 is 15.9 Å². The van der Waals surface area contributed by atoms with Crippen LogP contribution in [0.3, 0.4) is 0 Å². The number of rotatable bonds is 3. The third-order valence-electron chi connectivity index (χ3n) is 2.97. The first-order valence-electron chi connectivity index (χ1n) is 5.08. The molecule has 0 aliphatic heterocycles. The van der Waals surface area contributed by atoms with E-state index in [1.807, 2.05) is 20.8 Å². The summed E-state index contributed by atoms with van der Waals surface area (Å²) in [5, 5.41) is 20.6. The van der Waals surface area contributed by atoms with Gasteiger partial charge in [-0.1, -0.05) is 20.8 Å². The first-order chi connectivity index (χ1) is 7.72. The molecule has 94 valence electrons. The van der Waals surface area contributed by atoms with E-state index in [2.05, 4.69) is 15.9 Å². The van der Waals surface area contributed by atoms with Crippen LogP contribution in [-0.2, 0) is 5.41 Å². The second-order valence-corrected chi connectivity index (χ2v) is 5.21. The van der Waals surface area contributed by atoms with Crippen molar-refractivity contribution in [3.05, 3.63) is 32.0 Å². The van der Waals surface area contributed by atoms with Gasteiger partial charge >= 0.3 is 5.69 Å². The molecule has 0 aliphatic carbocycles. The van der Waals surface area contributed by atoms with Gasteiger partial charge in [0.05, 0.1) is 4.92 Å². The number of benzene rings is 1. The van der Waals surface area contributed by atoms with Crippen LogP contribution < -0.4 is 0 Å². The van der Waals surface area contributed by atoms with Crippen LogP contribution in [-0.4, -0.2) is 10.0 Å². The topological polar surface area (TPSA) is 63.4 Å². The fraction of sp³-hybridized carbons (Fsp3) is 0.455. The van der Waals surface area contributed by atoms with Gasteiger partial charge in [-0.05, 0) is 27.8 Å². The normalized spacial score (nSPS) is 11.6. The molecular weight excluding hydrogens is 293 g/mol. The predicted octanol–water partition coefficient (Wildman–Crippen LogP) is 3.89. The zero-order valence-electron chi connectivity index (χ0n) is 9.75. The lowest BCUT2D eigenvalue weighted by atomic mass is 9.81. The average Bonchev–Trinajstić information content (AvgIpc) is 2.25. The second-order valence-electron chi connectivity index (χ2n) is 4.41. The second kappa shape index (κ2) is 4.60. The van der Waals surface area contributed by atoms with Crippen LogP contribution in [0.25, 0.3) is 0 Å². The summed E-state index contributed by atoms with van der Waals surface area (Å²) in [6, 6.07) is 1.10. The lowest BCUT2D eigenvalue weighted by Crippen LogP contribution is -2.16. The monoisotopic (exact) mass is 305 g/mol. The highest BCUT2D eigenvalue weighted by atomic mass is 79.9. The van der Waals surface area contributed by atoms with E-state index in [0.717, 1.165) is 6.07 Å². The summed E-state index contributed by atoms with van der Waals surface area (Å²) in [5.41, 5.74) is -0.739. The van der Waals surface area contributed by atoms with Crippen molar-refractivity contribution >= 4 is 21.6 Å². The number of nitrogens with zero attached hydrogens (tertiary/aromatic N) is 1. The van der Waals surface area contributed by atoms with Gasteiger partial charge < -0.3 is 5.11 Å². The summed E-state index contributed by atoms with van der Waals surface area (Å²) >= 11 is 2.84. The molecule has 0 saturated heterocycles. The van der Waals surface area contributed by atoms with Crippen molar-refractivity contribution in [3.63, 3.8) is 0 Å². The molecule has 4 nitrogen and oxygen atoms in total. The summed E-state index contributed by atoms with van der Waals surface area (Å²) in [6.45, 7) is 5.55. The Labute approximate surface area is 107 Å². The number of hydrogen-bond donors (Lipinski definition) is 1. The van der Waals surface area contributed by atoms with Gasteiger partial charge in [0, 0.05) is 11.6 Å². The van der Waals surface area contributed by atoms with E-state index in [1.54, 1.807) is 0 Å². The number of hydrogen-bond acceptors (Lipinski definition) is 3. The highest BCUT2D eigenvalue weighted by Gasteiger charge is 2.30. The minimum absolute atomic E-state index is 0.261. The molecule has 0 spiro atoms. The van der Waals surface area contributed by atoms with Crippen molar-refractivity contribution in [2.75, 3.05) is 0 Å². The number of nitro benzene ring substituents is 1. The average molecular weight is 306 g/mol. The first kappa shape index (κ1) is 13.9. The molecule has 0 atom stereocenters. The molecule has 1 aromatic rings. The lowest BCUT2D eigenvalue weighted by molar-refractivity contribution is -0.387. The van der Waals surface area contributed by atoms with E-state index >= 15 is 0 Å². The maximum Gasteiger partial charge on any atom is 0.306 e. The molecule has 1 rings (SSSR count). The Kier molecular flexibility index (Phi) is 3.76. The number of nitro groups is 1. The molecule has 1 aromatic carbocycles. The molecule has 0 aliphatic rings. The van der Waals surface area contributed by atoms with Crippen molar-refractivity contribution in [1.29, 1.82) is 0 Å². The van der Waals surface area contributed by atoms with Gasteiger partial charge in [0.2, 0.25) is 5.82 Å². The first-order valence-corrected chi connectivity index (χ1v) is 5.87. The summed E-state index contributed by atoms with van der Waals surface area (Å²) in [7, 11) is 0. The summed E-state index contributed by atoms with van der Waals surface area (Å²) in [4.78, 5) is 9.92. The molecule has 0 amide bonds. The predicted molar refractivity (Wildman–Crippen MR) is 65.7 cm³/mol. The van der Waals surface area contributed by atoms with Crippen molar-refractivity contribution in [2.24, 2.45) is 0 Å². The minimum atomic E-state index is -1.05. The Morgan fingerprint density at radius 3 is 2.53 bits per heavy atom. The van der Waals surface area contributed by atoms with Crippen LogP contribution in [0.2, 0.25) is 0 Å². The van der Waals surface area contributed by atoms with Crippen LogP contribution in [0.15, 0.2) is 10.5 Å². The molecule has 17 heavy (non-hydrogen) atoms. The Bertz CT molecular complexity index is 474. The number of phenols is 1. The minimum Gasteiger partial charge on any atom is -0.506 e. The van der Waals surface area contributed by atoms with Crippen molar-refractivity contribution in [2.45, 2.75) is 32.6 Å². The van der Waals surface area contributed by atoms with E-state index in [9.17, 15) is 19.6 Å². The Morgan fingerprint density at radius 1 is 1.59 bits per heavy atom. The molecule has 0 unspecified atom stereocenters. The fourth-order valence-corrected chi connectivity index (χ4v) is 1.86. The quantitative estimate of drug-likeness (QED) is 0.680. The van der Waals surface area contributed by atoms with Crippen LogP contribution in [0.4, 0.5) is 10.1 Å².